The Labute approximate surface area is 188 Å². The van der Waals surface area contributed by atoms with Crippen molar-refractivity contribution in [3.05, 3.63) is 18.0 Å². The molecule has 3 atom stereocenters. The van der Waals surface area contributed by atoms with Gasteiger partial charge in [0.1, 0.15) is 18.8 Å². The van der Waals surface area contributed by atoms with Crippen LogP contribution in [0, 0.1) is 11.8 Å². The Balaban J connectivity index is 2.10. The predicted octanol–water partition coefficient (Wildman–Crippen LogP) is 1.55. The largest absolute Gasteiger partial charge is 0.503 e. The highest BCUT2D eigenvalue weighted by Gasteiger charge is 2.32. The predicted molar refractivity (Wildman–Crippen MR) is 115 cm³/mol. The van der Waals surface area contributed by atoms with Crippen molar-refractivity contribution in [2.45, 2.75) is 45.9 Å². The highest BCUT2D eigenvalue weighted by molar-refractivity contribution is 5.97. The molecule has 2 N–H and O–H groups in total. The number of amides is 1. The molecule has 0 saturated carbocycles. The van der Waals surface area contributed by atoms with E-state index in [1.807, 2.05) is 27.7 Å². The van der Waals surface area contributed by atoms with E-state index >= 15 is 0 Å². The van der Waals surface area contributed by atoms with Crippen molar-refractivity contribution in [2.24, 2.45) is 11.8 Å². The van der Waals surface area contributed by atoms with Gasteiger partial charge in [-0.2, -0.15) is 0 Å². The molecule has 180 valence electrons. The molecule has 1 aliphatic rings. The standard InChI is InChI=1S/C22H34N2O8/c1-13(2)8-30-17-11-29-10-15(22(27)32-12-18(17)31-9-14(3)4)24-21(26)19-20(25)16(28-5)6-7-23-19/h6-7,13-15,17-18,25H,8-12H2,1-5H3,(H,24,26)/t15-,17-,18-/m0/s1. The molecular weight excluding hydrogens is 420 g/mol. The third-order valence-corrected chi connectivity index (χ3v) is 4.57. The number of nitrogens with one attached hydrogen (secondary N) is 1. The van der Waals surface area contributed by atoms with Gasteiger partial charge in [-0.15, -0.1) is 0 Å². The first kappa shape index (κ1) is 25.8. The van der Waals surface area contributed by atoms with E-state index in [4.69, 9.17) is 23.7 Å². The molecule has 0 radical (unpaired) electrons. The second-order valence-electron chi connectivity index (χ2n) is 8.44. The fourth-order valence-corrected chi connectivity index (χ4v) is 2.89. The molecule has 32 heavy (non-hydrogen) atoms. The maximum absolute atomic E-state index is 12.6. The monoisotopic (exact) mass is 454 g/mol. The number of aromatic hydroxyl groups is 1. The lowest BCUT2D eigenvalue weighted by atomic mass is 10.2. The summed E-state index contributed by atoms with van der Waals surface area (Å²) in [6.45, 7) is 9.10. The summed E-state index contributed by atoms with van der Waals surface area (Å²) in [4.78, 5) is 29.1. The number of carbonyl (C=O) groups excluding carboxylic acids is 2. The third-order valence-electron chi connectivity index (χ3n) is 4.57. The zero-order valence-electron chi connectivity index (χ0n) is 19.3. The molecular formula is C22H34N2O8. The summed E-state index contributed by atoms with van der Waals surface area (Å²) in [5.74, 6) is -1.16. The van der Waals surface area contributed by atoms with Crippen LogP contribution in [0.4, 0.5) is 0 Å². The molecule has 1 aliphatic heterocycles. The number of ether oxygens (including phenoxy) is 5. The second-order valence-corrected chi connectivity index (χ2v) is 8.44. The second kappa shape index (κ2) is 12.6. The van der Waals surface area contributed by atoms with E-state index in [1.165, 1.54) is 19.4 Å². The van der Waals surface area contributed by atoms with Gasteiger partial charge in [-0.05, 0) is 11.8 Å². The Morgan fingerprint density at radius 2 is 1.78 bits per heavy atom. The van der Waals surface area contributed by atoms with Gasteiger partial charge in [-0.1, -0.05) is 27.7 Å². The lowest BCUT2D eigenvalue weighted by molar-refractivity contribution is -0.155. The minimum absolute atomic E-state index is 0.0350. The number of methoxy groups -OCH3 is 1. The normalized spacial score (nSPS) is 22.1. The van der Waals surface area contributed by atoms with Crippen LogP contribution in [-0.2, 0) is 23.7 Å². The van der Waals surface area contributed by atoms with Crippen LogP contribution in [0.2, 0.25) is 0 Å². The van der Waals surface area contributed by atoms with E-state index in [9.17, 15) is 14.7 Å². The van der Waals surface area contributed by atoms with E-state index in [1.54, 1.807) is 0 Å². The van der Waals surface area contributed by atoms with E-state index in [0.29, 0.717) is 25.0 Å². The van der Waals surface area contributed by atoms with Crippen LogP contribution in [0.15, 0.2) is 12.3 Å². The first-order valence-corrected chi connectivity index (χ1v) is 10.7. The number of hydrogen-bond acceptors (Lipinski definition) is 9. The fourth-order valence-electron chi connectivity index (χ4n) is 2.89. The van der Waals surface area contributed by atoms with Crippen LogP contribution >= 0.6 is 0 Å². The first-order valence-electron chi connectivity index (χ1n) is 10.7. The van der Waals surface area contributed by atoms with Gasteiger partial charge >= 0.3 is 5.97 Å². The van der Waals surface area contributed by atoms with Crippen molar-refractivity contribution < 1.29 is 38.4 Å². The minimum atomic E-state index is -1.09. The highest BCUT2D eigenvalue weighted by atomic mass is 16.6. The van der Waals surface area contributed by atoms with Crippen LogP contribution in [0.1, 0.15) is 38.2 Å². The molecule has 0 bridgehead atoms. The summed E-state index contributed by atoms with van der Waals surface area (Å²) in [5.41, 5.74) is -0.270. The van der Waals surface area contributed by atoms with Gasteiger partial charge in [0, 0.05) is 25.5 Å². The Kier molecular flexibility index (Phi) is 10.1. The van der Waals surface area contributed by atoms with Crippen LogP contribution in [0.5, 0.6) is 11.5 Å². The van der Waals surface area contributed by atoms with Gasteiger partial charge in [0.2, 0.25) is 0 Å². The summed E-state index contributed by atoms with van der Waals surface area (Å²) >= 11 is 0. The third kappa shape index (κ3) is 7.61. The highest BCUT2D eigenvalue weighted by Crippen LogP contribution is 2.27. The molecule has 0 aliphatic carbocycles. The van der Waals surface area contributed by atoms with Crippen LogP contribution in [-0.4, -0.2) is 80.4 Å². The molecule has 2 heterocycles. The van der Waals surface area contributed by atoms with Crippen molar-refractivity contribution in [3.63, 3.8) is 0 Å². The van der Waals surface area contributed by atoms with Gasteiger partial charge < -0.3 is 34.1 Å². The molecule has 1 aromatic rings. The first-order chi connectivity index (χ1) is 15.2. The van der Waals surface area contributed by atoms with Crippen molar-refractivity contribution in [2.75, 3.05) is 40.1 Å². The van der Waals surface area contributed by atoms with Crippen LogP contribution in [0.25, 0.3) is 0 Å². The average molecular weight is 455 g/mol. The number of rotatable bonds is 9. The SMILES string of the molecule is COc1ccnc(C(=O)N[C@H]2COC[C@H](OCC(C)C)[C@@H](OCC(C)C)COC2=O)c1O. The molecule has 0 aromatic carbocycles. The molecule has 0 spiro atoms. The molecule has 1 saturated heterocycles. The average Bonchev–Trinajstić information content (AvgIpc) is 2.81. The number of aromatic nitrogens is 1. The molecule has 1 aromatic heterocycles. The molecule has 2 rings (SSSR count). The van der Waals surface area contributed by atoms with Crippen molar-refractivity contribution in [1.82, 2.24) is 10.3 Å². The molecule has 1 amide bonds. The van der Waals surface area contributed by atoms with Crippen molar-refractivity contribution in [3.8, 4) is 11.5 Å². The number of carbonyl (C=O) groups is 2. The molecule has 0 unspecified atom stereocenters. The van der Waals surface area contributed by atoms with Crippen LogP contribution in [0.3, 0.4) is 0 Å². The summed E-state index contributed by atoms with van der Waals surface area (Å²) in [5, 5.41) is 12.7. The quantitative estimate of drug-likeness (QED) is 0.535. The van der Waals surface area contributed by atoms with Crippen LogP contribution < -0.4 is 10.1 Å². The zero-order valence-corrected chi connectivity index (χ0v) is 19.3. The van der Waals surface area contributed by atoms with E-state index in [2.05, 4.69) is 10.3 Å². The fraction of sp³-hybridized carbons (Fsp3) is 0.682. The summed E-state index contributed by atoms with van der Waals surface area (Å²) in [6, 6.07) is 0.322. The lowest BCUT2D eigenvalue weighted by Gasteiger charge is -2.27. The Hall–Kier alpha value is -2.43. The Morgan fingerprint density at radius 3 is 2.38 bits per heavy atom. The van der Waals surface area contributed by atoms with Gasteiger partial charge in [-0.3, -0.25) is 4.79 Å². The lowest BCUT2D eigenvalue weighted by Crippen LogP contribution is -2.45. The number of nitrogens with zero attached hydrogens (tertiary/aromatic N) is 1. The van der Waals surface area contributed by atoms with Crippen molar-refractivity contribution in [1.29, 1.82) is 0 Å². The topological polar surface area (TPSA) is 125 Å². The van der Waals surface area contributed by atoms with E-state index in [-0.39, 0.29) is 31.3 Å². The molecule has 10 heteroatoms. The number of pyridine rings is 1. The molecule has 10 nitrogen and oxygen atoms in total. The summed E-state index contributed by atoms with van der Waals surface area (Å²) in [6.07, 6.45) is 0.389. The number of esters is 1. The smallest absolute Gasteiger partial charge is 0.331 e. The van der Waals surface area contributed by atoms with Gasteiger partial charge in [0.25, 0.3) is 5.91 Å². The van der Waals surface area contributed by atoms with Gasteiger partial charge in [0.05, 0.1) is 20.3 Å². The van der Waals surface area contributed by atoms with Gasteiger partial charge in [-0.25, -0.2) is 9.78 Å². The summed E-state index contributed by atoms with van der Waals surface area (Å²) in [7, 11) is 1.36. The zero-order chi connectivity index (χ0) is 23.7. The molecule has 1 fully saturated rings. The Morgan fingerprint density at radius 1 is 1.16 bits per heavy atom. The maximum Gasteiger partial charge on any atom is 0.331 e. The van der Waals surface area contributed by atoms with E-state index in [0.717, 1.165) is 0 Å². The number of hydrogen-bond donors (Lipinski definition) is 2. The van der Waals surface area contributed by atoms with Crippen molar-refractivity contribution >= 4 is 11.9 Å². The number of cyclic esters (lactones) is 1. The van der Waals surface area contributed by atoms with E-state index < -0.39 is 35.9 Å². The Bertz CT molecular complexity index is 755. The summed E-state index contributed by atoms with van der Waals surface area (Å²) < 4.78 is 28.0. The minimum Gasteiger partial charge on any atom is -0.503 e. The maximum atomic E-state index is 12.6. The van der Waals surface area contributed by atoms with Gasteiger partial charge in [0.15, 0.2) is 23.2 Å².